The molecule has 10 heteroatoms. The molecule has 3 rings (SSSR count). The molecule has 110 valence electrons. The maximum Gasteiger partial charge on any atom is 0.167 e. The maximum absolute atomic E-state index is 9.95. The zero-order valence-corrected chi connectivity index (χ0v) is 11.0. The monoisotopic (exact) mass is 303 g/mol. The molecule has 0 aromatic carbocycles. The number of rotatable bonds is 2. The minimum atomic E-state index is -1.19. The Hall–Kier alpha value is -1.52. The minimum absolute atomic E-state index is 0. The lowest BCUT2D eigenvalue weighted by Gasteiger charge is -2.16. The van der Waals surface area contributed by atoms with Crippen molar-refractivity contribution in [1.29, 1.82) is 0 Å². The Morgan fingerprint density at radius 3 is 2.65 bits per heavy atom. The highest BCUT2D eigenvalue weighted by molar-refractivity contribution is 5.85. The minimum Gasteiger partial charge on any atom is -0.394 e. The predicted molar refractivity (Wildman–Crippen MR) is 70.0 cm³/mol. The Balaban J connectivity index is 0.00000147. The van der Waals surface area contributed by atoms with Gasteiger partial charge in [0.25, 0.3) is 0 Å². The highest BCUT2D eigenvalue weighted by Gasteiger charge is 2.43. The van der Waals surface area contributed by atoms with Gasteiger partial charge in [0.15, 0.2) is 17.7 Å². The molecule has 1 aliphatic heterocycles. The normalized spacial score (nSPS) is 29.6. The van der Waals surface area contributed by atoms with Gasteiger partial charge in [-0.25, -0.2) is 15.0 Å². The first-order valence-corrected chi connectivity index (χ1v) is 5.69. The molecule has 2 unspecified atom stereocenters. The molecule has 0 spiro atoms. The molecule has 2 aromatic heterocycles. The van der Waals surface area contributed by atoms with E-state index in [9.17, 15) is 10.2 Å². The lowest BCUT2D eigenvalue weighted by molar-refractivity contribution is -0.0511. The fraction of sp³-hybridized carbons (Fsp3) is 0.500. The van der Waals surface area contributed by atoms with Crippen molar-refractivity contribution < 1.29 is 20.1 Å². The van der Waals surface area contributed by atoms with Gasteiger partial charge in [-0.15, -0.1) is 12.4 Å². The zero-order chi connectivity index (χ0) is 13.6. The highest BCUT2D eigenvalue weighted by Crippen LogP contribution is 2.31. The van der Waals surface area contributed by atoms with Crippen LogP contribution in [0.15, 0.2) is 12.7 Å². The van der Waals surface area contributed by atoms with Gasteiger partial charge in [-0.05, 0) is 0 Å². The van der Waals surface area contributed by atoms with Crippen LogP contribution in [0.1, 0.15) is 6.23 Å². The topological polar surface area (TPSA) is 140 Å². The molecule has 2 aromatic rings. The van der Waals surface area contributed by atoms with Crippen molar-refractivity contribution in [2.75, 3.05) is 12.3 Å². The molecule has 3 heterocycles. The molecule has 1 aliphatic rings. The van der Waals surface area contributed by atoms with Crippen LogP contribution in [0.5, 0.6) is 0 Å². The molecule has 0 saturated carbocycles. The Morgan fingerprint density at radius 2 is 2.00 bits per heavy atom. The number of nitrogens with two attached hydrogens (primary N) is 1. The number of imidazole rings is 1. The molecule has 0 aliphatic carbocycles. The predicted octanol–water partition coefficient (Wildman–Crippen LogP) is -1.56. The van der Waals surface area contributed by atoms with Crippen LogP contribution in [-0.4, -0.2) is 59.8 Å². The van der Waals surface area contributed by atoms with Gasteiger partial charge < -0.3 is 25.8 Å². The number of ether oxygens (including phenoxy) is 1. The quantitative estimate of drug-likeness (QED) is 0.522. The van der Waals surface area contributed by atoms with E-state index < -0.39 is 31.1 Å². The van der Waals surface area contributed by atoms with Gasteiger partial charge in [-0.1, -0.05) is 0 Å². The molecule has 4 atom stereocenters. The molecular weight excluding hydrogens is 290 g/mol. The molecule has 0 amide bonds. The summed E-state index contributed by atoms with van der Waals surface area (Å²) in [5, 5.41) is 28.7. The summed E-state index contributed by atoms with van der Waals surface area (Å²) in [4.78, 5) is 11.9. The van der Waals surface area contributed by atoms with Crippen LogP contribution in [0.25, 0.3) is 11.2 Å². The number of halogens is 1. The molecule has 20 heavy (non-hydrogen) atoms. The van der Waals surface area contributed by atoms with Crippen LogP contribution in [0.2, 0.25) is 0 Å². The number of nitrogens with zero attached hydrogens (tertiary/aromatic N) is 4. The van der Waals surface area contributed by atoms with Gasteiger partial charge in [-0.2, -0.15) is 0 Å². The summed E-state index contributed by atoms with van der Waals surface area (Å²) in [6.07, 6.45) is -1.42. The molecular formula is C10H14ClN5O4. The SMILES string of the molecule is Cl.Nc1ncnc2c1ncn2[C@@H]1O[C@H](CO)C(O)C1O. The Labute approximate surface area is 119 Å². The summed E-state index contributed by atoms with van der Waals surface area (Å²) in [5.74, 6) is 0.218. The van der Waals surface area contributed by atoms with Crippen LogP contribution in [0.4, 0.5) is 5.82 Å². The smallest absolute Gasteiger partial charge is 0.167 e. The zero-order valence-electron chi connectivity index (χ0n) is 10.2. The second kappa shape index (κ2) is 5.46. The second-order valence-corrected chi connectivity index (χ2v) is 4.31. The van der Waals surface area contributed by atoms with Crippen molar-refractivity contribution >= 4 is 29.4 Å². The van der Waals surface area contributed by atoms with E-state index >= 15 is 0 Å². The number of anilines is 1. The van der Waals surface area contributed by atoms with Crippen molar-refractivity contribution in [3.8, 4) is 0 Å². The van der Waals surface area contributed by atoms with E-state index in [0.29, 0.717) is 11.2 Å². The third-order valence-electron chi connectivity index (χ3n) is 3.18. The number of nitrogen functional groups attached to an aromatic ring is 1. The number of aliphatic hydroxyl groups excluding tert-OH is 3. The fourth-order valence-corrected chi connectivity index (χ4v) is 2.17. The third-order valence-corrected chi connectivity index (χ3v) is 3.18. The van der Waals surface area contributed by atoms with Crippen LogP contribution >= 0.6 is 12.4 Å². The Kier molecular flexibility index (Phi) is 4.06. The van der Waals surface area contributed by atoms with Gasteiger partial charge in [-0.3, -0.25) is 4.57 Å². The van der Waals surface area contributed by atoms with Crippen LogP contribution in [0.3, 0.4) is 0 Å². The lowest BCUT2D eigenvalue weighted by Crippen LogP contribution is -2.33. The Bertz CT molecular complexity index is 608. The van der Waals surface area contributed by atoms with Crippen LogP contribution < -0.4 is 5.73 Å². The molecule has 1 fully saturated rings. The largest absolute Gasteiger partial charge is 0.394 e. The second-order valence-electron chi connectivity index (χ2n) is 4.31. The van der Waals surface area contributed by atoms with E-state index in [2.05, 4.69) is 15.0 Å². The van der Waals surface area contributed by atoms with Crippen molar-refractivity contribution in [2.24, 2.45) is 0 Å². The summed E-state index contributed by atoms with van der Waals surface area (Å²) < 4.78 is 6.85. The lowest BCUT2D eigenvalue weighted by atomic mass is 10.1. The summed E-state index contributed by atoms with van der Waals surface area (Å²) >= 11 is 0. The first-order chi connectivity index (χ1) is 9.13. The van der Waals surface area contributed by atoms with Crippen molar-refractivity contribution in [3.05, 3.63) is 12.7 Å². The van der Waals surface area contributed by atoms with E-state index in [4.69, 9.17) is 15.6 Å². The van der Waals surface area contributed by atoms with E-state index in [1.54, 1.807) is 0 Å². The average molecular weight is 304 g/mol. The number of hydrogen-bond acceptors (Lipinski definition) is 8. The van der Waals surface area contributed by atoms with Crippen molar-refractivity contribution in [3.63, 3.8) is 0 Å². The first-order valence-electron chi connectivity index (χ1n) is 5.69. The molecule has 0 bridgehead atoms. The first kappa shape index (κ1) is 14.9. The average Bonchev–Trinajstić information content (AvgIpc) is 2.94. The summed E-state index contributed by atoms with van der Waals surface area (Å²) in [6.45, 7) is -0.390. The van der Waals surface area contributed by atoms with Crippen molar-refractivity contribution in [1.82, 2.24) is 19.5 Å². The molecule has 1 saturated heterocycles. The maximum atomic E-state index is 9.95. The molecule has 9 nitrogen and oxygen atoms in total. The van der Waals surface area contributed by atoms with Gasteiger partial charge in [0.2, 0.25) is 0 Å². The molecule has 5 N–H and O–H groups in total. The van der Waals surface area contributed by atoms with E-state index in [1.165, 1.54) is 17.2 Å². The summed E-state index contributed by atoms with van der Waals surface area (Å²) in [5.41, 5.74) is 6.44. The van der Waals surface area contributed by atoms with Crippen molar-refractivity contribution in [2.45, 2.75) is 24.5 Å². The number of aliphatic hydroxyl groups is 3. The highest BCUT2D eigenvalue weighted by atomic mass is 35.5. The van der Waals surface area contributed by atoms with E-state index in [-0.39, 0.29) is 18.2 Å². The van der Waals surface area contributed by atoms with Crippen LogP contribution in [-0.2, 0) is 4.74 Å². The number of fused-ring (bicyclic) bond motifs is 1. The number of hydrogen-bond donors (Lipinski definition) is 4. The third kappa shape index (κ3) is 2.09. The van der Waals surface area contributed by atoms with Gasteiger partial charge in [0, 0.05) is 0 Å². The Morgan fingerprint density at radius 1 is 1.25 bits per heavy atom. The van der Waals surface area contributed by atoms with Gasteiger partial charge in [0.05, 0.1) is 12.9 Å². The van der Waals surface area contributed by atoms with E-state index in [1.807, 2.05) is 0 Å². The fourth-order valence-electron chi connectivity index (χ4n) is 2.17. The van der Waals surface area contributed by atoms with Gasteiger partial charge >= 0.3 is 0 Å². The summed E-state index contributed by atoms with van der Waals surface area (Å²) in [7, 11) is 0. The number of aromatic nitrogens is 4. The standard InChI is InChI=1S/C10H13N5O4.ClH/c11-8-5-9(13-2-12-8)15(3-14-5)10-7(18)6(17)4(1-16)19-10;/h2-4,6-7,10,16-18H,1H2,(H2,11,12,13);1H/t4-,6?,7?,10-;/m1./s1. The van der Waals surface area contributed by atoms with Crippen LogP contribution in [0, 0.1) is 0 Å². The van der Waals surface area contributed by atoms with E-state index in [0.717, 1.165) is 0 Å². The summed E-state index contributed by atoms with van der Waals surface area (Å²) in [6, 6.07) is 0. The molecule has 0 radical (unpaired) electrons. The van der Waals surface area contributed by atoms with Gasteiger partial charge in [0.1, 0.15) is 30.2 Å².